The van der Waals surface area contributed by atoms with Crippen molar-refractivity contribution in [1.82, 2.24) is 4.90 Å². The molecule has 6 nitrogen and oxygen atoms in total. The molecular weight excluding hydrogens is 250 g/mol. The van der Waals surface area contributed by atoms with Crippen LogP contribution < -0.4 is 0 Å². The van der Waals surface area contributed by atoms with Crippen molar-refractivity contribution in [2.45, 2.75) is 45.8 Å². The molecule has 1 heterocycles. The minimum Gasteiger partial charge on any atom is -0.479 e. The number of likely N-dealkylation sites (tertiary alicyclic amines) is 1. The molecule has 6 heteroatoms. The van der Waals surface area contributed by atoms with Gasteiger partial charge in [-0.1, -0.05) is 13.8 Å². The van der Waals surface area contributed by atoms with E-state index in [1.54, 1.807) is 13.8 Å². The van der Waals surface area contributed by atoms with Gasteiger partial charge in [-0.25, -0.2) is 9.59 Å². The van der Waals surface area contributed by atoms with Crippen molar-refractivity contribution in [3.63, 3.8) is 0 Å². The van der Waals surface area contributed by atoms with Gasteiger partial charge in [0.25, 0.3) is 0 Å². The number of carboxylic acids is 1. The van der Waals surface area contributed by atoms with Crippen molar-refractivity contribution in [2.24, 2.45) is 11.8 Å². The Morgan fingerprint density at radius 3 is 2.32 bits per heavy atom. The number of hydrogen-bond acceptors (Lipinski definition) is 4. The number of ether oxygens (including phenoxy) is 1. The van der Waals surface area contributed by atoms with E-state index in [0.29, 0.717) is 0 Å². The van der Waals surface area contributed by atoms with Crippen LogP contribution in [-0.4, -0.2) is 52.0 Å². The number of nitrogens with zero attached hydrogens (tertiary/aromatic N) is 1. The fourth-order valence-electron chi connectivity index (χ4n) is 2.44. The standard InChI is InChI=1S/C13H23NO5/c1-8(2)10-7-14(12(17)19-9(3)4)6-5-13(10,18)11(15)16/h8-10,18H,5-7H2,1-4H3,(H,15,16). The summed E-state index contributed by atoms with van der Waals surface area (Å²) in [7, 11) is 0. The molecule has 1 rings (SSSR count). The largest absolute Gasteiger partial charge is 0.479 e. The lowest BCUT2D eigenvalue weighted by atomic mass is 9.75. The van der Waals surface area contributed by atoms with Crippen LogP contribution in [0.3, 0.4) is 0 Å². The first-order valence-electron chi connectivity index (χ1n) is 6.59. The van der Waals surface area contributed by atoms with Crippen LogP contribution in [0.4, 0.5) is 4.79 Å². The SMILES string of the molecule is CC(C)OC(=O)N1CCC(O)(C(=O)O)C(C(C)C)C1. The van der Waals surface area contributed by atoms with E-state index in [9.17, 15) is 19.8 Å². The number of amides is 1. The fraction of sp³-hybridized carbons (Fsp3) is 0.846. The first kappa shape index (κ1) is 15.8. The molecule has 1 aliphatic rings. The minimum absolute atomic E-state index is 0.0262. The normalized spacial score (nSPS) is 27.7. The maximum atomic E-state index is 11.8. The van der Waals surface area contributed by atoms with Crippen molar-refractivity contribution >= 4 is 12.1 Å². The molecule has 0 radical (unpaired) electrons. The number of carboxylic acid groups (broad SMARTS) is 1. The second-order valence-corrected chi connectivity index (χ2v) is 5.71. The molecule has 2 atom stereocenters. The van der Waals surface area contributed by atoms with Gasteiger partial charge in [0.2, 0.25) is 0 Å². The second kappa shape index (κ2) is 5.77. The first-order valence-corrected chi connectivity index (χ1v) is 6.59. The quantitative estimate of drug-likeness (QED) is 0.810. The van der Waals surface area contributed by atoms with Gasteiger partial charge in [-0.2, -0.15) is 0 Å². The Morgan fingerprint density at radius 2 is 1.89 bits per heavy atom. The summed E-state index contributed by atoms with van der Waals surface area (Å²) in [5.74, 6) is -1.77. The molecule has 1 saturated heterocycles. The van der Waals surface area contributed by atoms with Crippen LogP contribution in [0.5, 0.6) is 0 Å². The Kier molecular flexibility index (Phi) is 4.79. The van der Waals surface area contributed by atoms with Crippen LogP contribution in [0.2, 0.25) is 0 Å². The van der Waals surface area contributed by atoms with Crippen LogP contribution in [-0.2, 0) is 9.53 Å². The zero-order valence-electron chi connectivity index (χ0n) is 11.9. The average molecular weight is 273 g/mol. The molecule has 2 unspecified atom stereocenters. The van der Waals surface area contributed by atoms with E-state index in [1.165, 1.54) is 4.90 Å². The summed E-state index contributed by atoms with van der Waals surface area (Å²) in [6.07, 6.45) is -0.642. The predicted molar refractivity (Wildman–Crippen MR) is 68.7 cm³/mol. The van der Waals surface area contributed by atoms with Gasteiger partial charge in [-0.15, -0.1) is 0 Å². The van der Waals surface area contributed by atoms with Crippen LogP contribution in [0.25, 0.3) is 0 Å². The number of aliphatic hydroxyl groups is 1. The molecule has 0 aliphatic carbocycles. The van der Waals surface area contributed by atoms with Gasteiger partial charge in [0.15, 0.2) is 5.60 Å². The Labute approximate surface area is 113 Å². The molecule has 0 saturated carbocycles. The summed E-state index contributed by atoms with van der Waals surface area (Å²) in [6, 6.07) is 0. The van der Waals surface area contributed by atoms with Crippen LogP contribution in [0.1, 0.15) is 34.1 Å². The fourth-order valence-corrected chi connectivity index (χ4v) is 2.44. The second-order valence-electron chi connectivity index (χ2n) is 5.71. The number of carbonyl (C=O) groups is 2. The van der Waals surface area contributed by atoms with Gasteiger partial charge in [0.1, 0.15) is 0 Å². The van der Waals surface area contributed by atoms with Gasteiger partial charge in [0.05, 0.1) is 6.10 Å². The Morgan fingerprint density at radius 1 is 1.32 bits per heavy atom. The molecule has 19 heavy (non-hydrogen) atoms. The molecule has 0 aromatic rings. The highest BCUT2D eigenvalue weighted by atomic mass is 16.6. The number of aliphatic carboxylic acids is 1. The molecule has 2 N–H and O–H groups in total. The van der Waals surface area contributed by atoms with Crippen molar-refractivity contribution in [3.8, 4) is 0 Å². The smallest absolute Gasteiger partial charge is 0.410 e. The van der Waals surface area contributed by atoms with Crippen LogP contribution >= 0.6 is 0 Å². The molecule has 0 spiro atoms. The van der Waals surface area contributed by atoms with Gasteiger partial charge in [0, 0.05) is 25.4 Å². The maximum absolute atomic E-state index is 11.8. The summed E-state index contributed by atoms with van der Waals surface area (Å²) in [6.45, 7) is 7.60. The van der Waals surface area contributed by atoms with Crippen LogP contribution in [0.15, 0.2) is 0 Å². The summed E-state index contributed by atoms with van der Waals surface area (Å²) >= 11 is 0. The first-order chi connectivity index (χ1) is 8.68. The Bertz CT molecular complexity index is 355. The minimum atomic E-state index is -1.76. The number of carbonyl (C=O) groups excluding carboxylic acids is 1. The van der Waals surface area contributed by atoms with E-state index in [-0.39, 0.29) is 31.5 Å². The molecule has 0 bridgehead atoms. The van der Waals surface area contributed by atoms with Crippen molar-refractivity contribution in [2.75, 3.05) is 13.1 Å². The molecular formula is C13H23NO5. The zero-order chi connectivity index (χ0) is 14.8. The molecule has 1 aliphatic heterocycles. The van der Waals surface area contributed by atoms with Gasteiger partial charge >= 0.3 is 12.1 Å². The van der Waals surface area contributed by atoms with Crippen molar-refractivity contribution in [1.29, 1.82) is 0 Å². The van der Waals surface area contributed by atoms with Crippen molar-refractivity contribution in [3.05, 3.63) is 0 Å². The zero-order valence-corrected chi connectivity index (χ0v) is 11.9. The Hall–Kier alpha value is -1.30. The maximum Gasteiger partial charge on any atom is 0.410 e. The third-order valence-corrected chi connectivity index (χ3v) is 3.56. The monoisotopic (exact) mass is 273 g/mol. The lowest BCUT2D eigenvalue weighted by Gasteiger charge is -2.43. The van der Waals surface area contributed by atoms with E-state index in [0.717, 1.165) is 0 Å². The average Bonchev–Trinajstić information content (AvgIpc) is 2.27. The summed E-state index contributed by atoms with van der Waals surface area (Å²) < 4.78 is 5.10. The number of piperidine rings is 1. The summed E-state index contributed by atoms with van der Waals surface area (Å²) in [5, 5.41) is 19.5. The van der Waals surface area contributed by atoms with Gasteiger partial charge < -0.3 is 19.8 Å². The number of hydrogen-bond donors (Lipinski definition) is 2. The molecule has 1 amide bonds. The molecule has 0 aromatic carbocycles. The van der Waals surface area contributed by atoms with Gasteiger partial charge in [-0.3, -0.25) is 0 Å². The predicted octanol–water partition coefficient (Wildman–Crippen LogP) is 1.32. The highest BCUT2D eigenvalue weighted by molar-refractivity contribution is 5.78. The lowest BCUT2D eigenvalue weighted by Crippen LogP contribution is -2.59. The third kappa shape index (κ3) is 3.37. The highest BCUT2D eigenvalue weighted by Crippen LogP contribution is 2.34. The van der Waals surface area contributed by atoms with Crippen LogP contribution in [0, 0.1) is 11.8 Å². The lowest BCUT2D eigenvalue weighted by molar-refractivity contribution is -0.174. The van der Waals surface area contributed by atoms with Gasteiger partial charge in [-0.05, 0) is 19.8 Å². The third-order valence-electron chi connectivity index (χ3n) is 3.56. The van der Waals surface area contributed by atoms with E-state index in [1.807, 2.05) is 13.8 Å². The van der Waals surface area contributed by atoms with E-state index < -0.39 is 23.6 Å². The summed E-state index contributed by atoms with van der Waals surface area (Å²) in [5.41, 5.74) is -1.76. The van der Waals surface area contributed by atoms with E-state index >= 15 is 0 Å². The number of rotatable bonds is 3. The Balaban J connectivity index is 2.82. The molecule has 1 fully saturated rings. The highest BCUT2D eigenvalue weighted by Gasteiger charge is 2.49. The summed E-state index contributed by atoms with van der Waals surface area (Å²) in [4.78, 5) is 24.6. The molecule has 0 aromatic heterocycles. The van der Waals surface area contributed by atoms with E-state index in [2.05, 4.69) is 0 Å². The molecule has 110 valence electrons. The van der Waals surface area contributed by atoms with E-state index in [4.69, 9.17) is 4.74 Å². The van der Waals surface area contributed by atoms with Crippen molar-refractivity contribution < 1.29 is 24.5 Å². The topological polar surface area (TPSA) is 87.1 Å².